The minimum absolute atomic E-state index is 0.130. The second kappa shape index (κ2) is 6.64. The minimum atomic E-state index is -2.27. The van der Waals surface area contributed by atoms with Crippen LogP contribution in [-0.2, 0) is 11.2 Å². The van der Waals surface area contributed by atoms with Gasteiger partial charge in [-0.15, -0.1) is 0 Å². The van der Waals surface area contributed by atoms with Gasteiger partial charge in [0.05, 0.1) is 6.42 Å². The summed E-state index contributed by atoms with van der Waals surface area (Å²) in [5.41, 5.74) is 3.79. The lowest BCUT2D eigenvalue weighted by Crippen LogP contribution is -2.32. The molecule has 0 radical (unpaired) electrons. The van der Waals surface area contributed by atoms with Crippen molar-refractivity contribution in [2.45, 2.75) is 13.3 Å². The highest BCUT2D eigenvalue weighted by atomic mass is 19.2. The van der Waals surface area contributed by atoms with Crippen LogP contribution in [0, 0.1) is 36.0 Å². The summed E-state index contributed by atoms with van der Waals surface area (Å²) in [7, 11) is 0. The first-order valence-electron chi connectivity index (χ1n) is 6.43. The van der Waals surface area contributed by atoms with Crippen molar-refractivity contribution in [3.63, 3.8) is 0 Å². The standard InChI is InChI=1S/C15H11F5N2O/c1-7-4-2-3-5-8(7)6-9(23)21-22-15-13(19)11(17)10(16)12(18)14(15)20/h2-5,22H,6H2,1H3,(H,21,23). The monoisotopic (exact) mass is 330 g/mol. The predicted octanol–water partition coefficient (Wildman–Crippen LogP) is 3.38. The van der Waals surface area contributed by atoms with Crippen molar-refractivity contribution in [3.05, 3.63) is 64.5 Å². The molecule has 0 aliphatic rings. The lowest BCUT2D eigenvalue weighted by Gasteiger charge is -2.12. The molecule has 0 saturated heterocycles. The molecule has 0 heterocycles. The number of benzene rings is 2. The van der Waals surface area contributed by atoms with Gasteiger partial charge < -0.3 is 0 Å². The molecule has 2 rings (SSSR count). The van der Waals surface area contributed by atoms with Crippen LogP contribution < -0.4 is 10.9 Å². The third-order valence-corrected chi connectivity index (χ3v) is 3.15. The minimum Gasteiger partial charge on any atom is -0.293 e. The summed E-state index contributed by atoms with van der Waals surface area (Å²) in [5, 5.41) is 0. The van der Waals surface area contributed by atoms with Crippen molar-refractivity contribution in [3.8, 4) is 0 Å². The summed E-state index contributed by atoms with van der Waals surface area (Å²) in [6.45, 7) is 1.76. The Morgan fingerprint density at radius 1 is 0.913 bits per heavy atom. The van der Waals surface area contributed by atoms with Gasteiger partial charge in [-0.05, 0) is 18.1 Å². The largest absolute Gasteiger partial charge is 0.293 e. The summed E-state index contributed by atoms with van der Waals surface area (Å²) in [5.74, 6) is -11.3. The van der Waals surface area contributed by atoms with Crippen LogP contribution in [0.4, 0.5) is 27.6 Å². The van der Waals surface area contributed by atoms with Crippen molar-refractivity contribution >= 4 is 11.6 Å². The molecule has 122 valence electrons. The Morgan fingerprint density at radius 3 is 2.00 bits per heavy atom. The summed E-state index contributed by atoms with van der Waals surface area (Å²) in [6, 6.07) is 6.91. The molecule has 0 aromatic heterocycles. The molecular formula is C15H11F5N2O. The van der Waals surface area contributed by atoms with Crippen LogP contribution in [0.1, 0.15) is 11.1 Å². The van der Waals surface area contributed by atoms with Gasteiger partial charge in [0.15, 0.2) is 23.3 Å². The molecule has 2 aromatic carbocycles. The van der Waals surface area contributed by atoms with E-state index in [2.05, 4.69) is 0 Å². The second-order valence-corrected chi connectivity index (χ2v) is 4.72. The quantitative estimate of drug-likeness (QED) is 0.391. The van der Waals surface area contributed by atoms with Gasteiger partial charge in [0, 0.05) is 0 Å². The first-order chi connectivity index (χ1) is 10.8. The molecule has 0 atom stereocenters. The van der Waals surface area contributed by atoms with Gasteiger partial charge in [0.2, 0.25) is 11.7 Å². The van der Waals surface area contributed by atoms with Crippen LogP contribution in [0.2, 0.25) is 0 Å². The molecule has 0 aliphatic carbocycles. The number of hydrogen-bond acceptors (Lipinski definition) is 2. The van der Waals surface area contributed by atoms with Crippen LogP contribution in [0.5, 0.6) is 0 Å². The highest BCUT2D eigenvalue weighted by Gasteiger charge is 2.26. The number of carbonyl (C=O) groups excluding carboxylic acids is 1. The van der Waals surface area contributed by atoms with E-state index in [9.17, 15) is 26.7 Å². The highest BCUT2D eigenvalue weighted by Crippen LogP contribution is 2.26. The Kier molecular flexibility index (Phi) is 4.83. The van der Waals surface area contributed by atoms with Gasteiger partial charge in [-0.3, -0.25) is 15.6 Å². The second-order valence-electron chi connectivity index (χ2n) is 4.72. The zero-order valence-corrected chi connectivity index (χ0v) is 11.8. The molecule has 2 N–H and O–H groups in total. The Balaban J connectivity index is 2.13. The zero-order valence-electron chi connectivity index (χ0n) is 11.8. The highest BCUT2D eigenvalue weighted by molar-refractivity contribution is 5.80. The molecular weight excluding hydrogens is 319 g/mol. The van der Waals surface area contributed by atoms with Crippen molar-refractivity contribution in [1.29, 1.82) is 0 Å². The fraction of sp³-hybridized carbons (Fsp3) is 0.133. The van der Waals surface area contributed by atoms with Gasteiger partial charge in [0.25, 0.3) is 0 Å². The Bertz CT molecular complexity index is 735. The van der Waals surface area contributed by atoms with Crippen molar-refractivity contribution in [1.82, 2.24) is 5.43 Å². The van der Waals surface area contributed by atoms with Crippen molar-refractivity contribution in [2.24, 2.45) is 0 Å². The number of anilines is 1. The topological polar surface area (TPSA) is 41.1 Å². The summed E-state index contributed by atoms with van der Waals surface area (Å²) < 4.78 is 65.7. The number of hydrazine groups is 1. The van der Waals surface area contributed by atoms with E-state index in [4.69, 9.17) is 0 Å². The van der Waals surface area contributed by atoms with Crippen LogP contribution in [-0.4, -0.2) is 5.91 Å². The fourth-order valence-corrected chi connectivity index (χ4v) is 1.87. The van der Waals surface area contributed by atoms with Crippen molar-refractivity contribution in [2.75, 3.05) is 5.43 Å². The van der Waals surface area contributed by atoms with Crippen LogP contribution >= 0.6 is 0 Å². The number of amides is 1. The lowest BCUT2D eigenvalue weighted by atomic mass is 10.1. The zero-order chi connectivity index (χ0) is 17.1. The average molecular weight is 330 g/mol. The maximum Gasteiger partial charge on any atom is 0.242 e. The van der Waals surface area contributed by atoms with E-state index in [-0.39, 0.29) is 6.42 Å². The normalized spacial score (nSPS) is 10.5. The molecule has 0 bridgehead atoms. The fourth-order valence-electron chi connectivity index (χ4n) is 1.87. The summed E-state index contributed by atoms with van der Waals surface area (Å²) in [6.07, 6.45) is -0.130. The Labute approximate surface area is 128 Å². The van der Waals surface area contributed by atoms with E-state index in [1.807, 2.05) is 5.43 Å². The third kappa shape index (κ3) is 3.41. The van der Waals surface area contributed by atoms with E-state index in [0.29, 0.717) is 5.56 Å². The first kappa shape index (κ1) is 16.7. The van der Waals surface area contributed by atoms with Crippen LogP contribution in [0.25, 0.3) is 0 Å². The average Bonchev–Trinajstić information content (AvgIpc) is 2.53. The lowest BCUT2D eigenvalue weighted by molar-refractivity contribution is -0.119. The molecule has 0 spiro atoms. The first-order valence-corrected chi connectivity index (χ1v) is 6.43. The molecule has 0 fully saturated rings. The molecule has 2 aromatic rings. The molecule has 3 nitrogen and oxygen atoms in total. The Morgan fingerprint density at radius 2 is 1.43 bits per heavy atom. The Hall–Kier alpha value is -2.64. The molecule has 23 heavy (non-hydrogen) atoms. The van der Waals surface area contributed by atoms with E-state index in [1.54, 1.807) is 36.6 Å². The number of halogens is 5. The van der Waals surface area contributed by atoms with Crippen molar-refractivity contribution < 1.29 is 26.7 Å². The van der Waals surface area contributed by atoms with Gasteiger partial charge in [-0.2, -0.15) is 0 Å². The molecule has 0 unspecified atom stereocenters. The van der Waals surface area contributed by atoms with Gasteiger partial charge in [-0.25, -0.2) is 22.0 Å². The molecule has 0 aliphatic heterocycles. The van der Waals surface area contributed by atoms with Gasteiger partial charge in [0.1, 0.15) is 5.69 Å². The van der Waals surface area contributed by atoms with E-state index in [1.165, 1.54) is 0 Å². The summed E-state index contributed by atoms with van der Waals surface area (Å²) >= 11 is 0. The van der Waals surface area contributed by atoms with Crippen LogP contribution in [0.3, 0.4) is 0 Å². The van der Waals surface area contributed by atoms with Crippen LogP contribution in [0.15, 0.2) is 24.3 Å². The van der Waals surface area contributed by atoms with E-state index in [0.717, 1.165) is 5.56 Å². The molecule has 8 heteroatoms. The maximum atomic E-state index is 13.4. The number of aryl methyl sites for hydroxylation is 1. The number of nitrogens with one attached hydrogen (secondary N) is 2. The molecule has 1 amide bonds. The van der Waals surface area contributed by atoms with E-state index >= 15 is 0 Å². The van der Waals surface area contributed by atoms with Gasteiger partial charge in [-0.1, -0.05) is 24.3 Å². The number of rotatable bonds is 4. The van der Waals surface area contributed by atoms with E-state index < -0.39 is 40.7 Å². The smallest absolute Gasteiger partial charge is 0.242 e. The summed E-state index contributed by atoms with van der Waals surface area (Å²) in [4.78, 5) is 11.7. The molecule has 0 saturated carbocycles. The third-order valence-electron chi connectivity index (χ3n) is 3.15. The van der Waals surface area contributed by atoms with Gasteiger partial charge >= 0.3 is 0 Å². The number of carbonyl (C=O) groups is 1. The number of hydrogen-bond donors (Lipinski definition) is 2. The SMILES string of the molecule is Cc1ccccc1CC(=O)NNc1c(F)c(F)c(F)c(F)c1F. The predicted molar refractivity (Wildman–Crippen MR) is 72.9 cm³/mol. The maximum absolute atomic E-state index is 13.4.